The summed E-state index contributed by atoms with van der Waals surface area (Å²) in [7, 11) is -3.60. The Labute approximate surface area is 95.9 Å². The van der Waals surface area contributed by atoms with Crippen LogP contribution in [-0.4, -0.2) is 14.5 Å². The second-order valence-corrected chi connectivity index (χ2v) is 6.05. The molecule has 0 aliphatic heterocycles. The fourth-order valence-electron chi connectivity index (χ4n) is 2.02. The maximum Gasteiger partial charge on any atom is 0.238 e. The van der Waals surface area contributed by atoms with Gasteiger partial charge in [-0.15, -0.1) is 0 Å². The summed E-state index contributed by atoms with van der Waals surface area (Å²) in [4.78, 5) is 0.157. The zero-order valence-electron chi connectivity index (χ0n) is 9.18. The first kappa shape index (κ1) is 11.4. The van der Waals surface area contributed by atoms with Crippen molar-refractivity contribution in [2.75, 3.05) is 5.32 Å². The predicted octanol–water partition coefficient (Wildman–Crippen LogP) is 1.54. The molecule has 0 unspecified atom stereocenters. The molecule has 3 N–H and O–H groups in total. The molecule has 0 atom stereocenters. The summed E-state index contributed by atoms with van der Waals surface area (Å²) >= 11 is 0. The van der Waals surface area contributed by atoms with Gasteiger partial charge < -0.3 is 5.32 Å². The fourth-order valence-corrected chi connectivity index (χ4v) is 2.58. The Morgan fingerprint density at radius 3 is 2.62 bits per heavy atom. The van der Waals surface area contributed by atoms with Gasteiger partial charge in [0.05, 0.1) is 4.90 Å². The molecule has 0 radical (unpaired) electrons. The second kappa shape index (κ2) is 4.07. The van der Waals surface area contributed by atoms with E-state index in [4.69, 9.17) is 5.14 Å². The number of hydrogen-bond donors (Lipinski definition) is 2. The zero-order chi connectivity index (χ0) is 11.8. The molecule has 1 aromatic rings. The van der Waals surface area contributed by atoms with E-state index in [0.717, 1.165) is 24.4 Å². The molecule has 0 bridgehead atoms. The summed E-state index contributed by atoms with van der Waals surface area (Å²) in [5.74, 6) is 0.763. The maximum atomic E-state index is 11.2. The van der Waals surface area contributed by atoms with Crippen molar-refractivity contribution in [2.45, 2.75) is 30.7 Å². The van der Waals surface area contributed by atoms with Gasteiger partial charge in [-0.05, 0) is 37.0 Å². The fraction of sp³-hybridized carbons (Fsp3) is 0.455. The van der Waals surface area contributed by atoms with E-state index >= 15 is 0 Å². The number of primary sulfonamides is 1. The predicted molar refractivity (Wildman–Crippen MR) is 63.6 cm³/mol. The Morgan fingerprint density at radius 2 is 2.06 bits per heavy atom. The number of nitrogens with one attached hydrogen (secondary N) is 1. The highest BCUT2D eigenvalue weighted by molar-refractivity contribution is 7.89. The summed E-state index contributed by atoms with van der Waals surface area (Å²) in [5, 5.41) is 8.37. The van der Waals surface area contributed by atoms with Crippen molar-refractivity contribution >= 4 is 15.7 Å². The third-order valence-corrected chi connectivity index (χ3v) is 3.82. The second-order valence-electron chi connectivity index (χ2n) is 4.49. The van der Waals surface area contributed by atoms with Crippen LogP contribution < -0.4 is 10.5 Å². The molecule has 5 heteroatoms. The highest BCUT2D eigenvalue weighted by Gasteiger charge is 2.25. The van der Waals surface area contributed by atoms with Gasteiger partial charge in [0.15, 0.2) is 0 Å². The first-order chi connectivity index (χ1) is 7.45. The standard InChI is InChI=1S/C11H16N2O2S/c1-8-5-10(6-8)13-9-3-2-4-11(7-9)16(12,14)15/h2-4,7-8,10,13H,5-6H2,1H3,(H2,12,14,15). The molecule has 0 aromatic heterocycles. The van der Waals surface area contributed by atoms with Crippen molar-refractivity contribution in [2.24, 2.45) is 11.1 Å². The zero-order valence-corrected chi connectivity index (χ0v) is 10.00. The monoisotopic (exact) mass is 240 g/mol. The Kier molecular flexibility index (Phi) is 2.90. The van der Waals surface area contributed by atoms with Crippen LogP contribution >= 0.6 is 0 Å². The van der Waals surface area contributed by atoms with Crippen LogP contribution in [0.3, 0.4) is 0 Å². The van der Waals surface area contributed by atoms with Gasteiger partial charge in [0.2, 0.25) is 10.0 Å². The average Bonchev–Trinajstić information content (AvgIpc) is 2.14. The smallest absolute Gasteiger partial charge is 0.238 e. The Morgan fingerprint density at radius 1 is 1.38 bits per heavy atom. The van der Waals surface area contributed by atoms with Gasteiger partial charge in [-0.1, -0.05) is 13.0 Å². The number of sulfonamides is 1. The molecule has 2 rings (SSSR count). The van der Waals surface area contributed by atoms with Crippen molar-refractivity contribution in [3.05, 3.63) is 24.3 Å². The lowest BCUT2D eigenvalue weighted by Gasteiger charge is -2.34. The molecule has 1 aliphatic carbocycles. The normalized spacial score (nSPS) is 24.9. The molecule has 0 saturated heterocycles. The molecule has 1 aliphatic rings. The summed E-state index contributed by atoms with van der Waals surface area (Å²) in [6, 6.07) is 7.11. The lowest BCUT2D eigenvalue weighted by molar-refractivity contribution is 0.309. The maximum absolute atomic E-state index is 11.2. The van der Waals surface area contributed by atoms with Crippen LogP contribution in [0.1, 0.15) is 19.8 Å². The highest BCUT2D eigenvalue weighted by atomic mass is 32.2. The highest BCUT2D eigenvalue weighted by Crippen LogP contribution is 2.29. The van der Waals surface area contributed by atoms with Crippen molar-refractivity contribution in [1.82, 2.24) is 0 Å². The van der Waals surface area contributed by atoms with Gasteiger partial charge in [0.1, 0.15) is 0 Å². The summed E-state index contributed by atoms with van der Waals surface area (Å²) < 4.78 is 22.3. The number of hydrogen-bond acceptors (Lipinski definition) is 3. The summed E-state index contributed by atoms with van der Waals surface area (Å²) in [5.41, 5.74) is 0.823. The SMILES string of the molecule is CC1CC(Nc2cccc(S(N)(=O)=O)c2)C1. The van der Waals surface area contributed by atoms with Crippen molar-refractivity contribution in [3.63, 3.8) is 0 Å². The number of rotatable bonds is 3. The molecular weight excluding hydrogens is 224 g/mol. The van der Waals surface area contributed by atoms with Crippen LogP contribution in [-0.2, 0) is 10.0 Å². The largest absolute Gasteiger partial charge is 0.382 e. The number of nitrogens with two attached hydrogens (primary N) is 1. The quantitative estimate of drug-likeness (QED) is 0.842. The average molecular weight is 240 g/mol. The van der Waals surface area contributed by atoms with E-state index in [1.165, 1.54) is 6.07 Å². The molecule has 0 heterocycles. The van der Waals surface area contributed by atoms with E-state index < -0.39 is 10.0 Å². The Hall–Kier alpha value is -1.07. The molecule has 88 valence electrons. The van der Waals surface area contributed by atoms with Crippen LogP contribution in [0.2, 0.25) is 0 Å². The lowest BCUT2D eigenvalue weighted by Crippen LogP contribution is -2.33. The number of benzene rings is 1. The van der Waals surface area contributed by atoms with Crippen molar-refractivity contribution in [3.8, 4) is 0 Å². The minimum atomic E-state index is -3.60. The van der Waals surface area contributed by atoms with Gasteiger partial charge >= 0.3 is 0 Å². The third kappa shape index (κ3) is 2.54. The van der Waals surface area contributed by atoms with E-state index in [0.29, 0.717) is 6.04 Å². The van der Waals surface area contributed by atoms with E-state index in [9.17, 15) is 8.42 Å². The van der Waals surface area contributed by atoms with Crippen LogP contribution in [0.5, 0.6) is 0 Å². The van der Waals surface area contributed by atoms with Crippen LogP contribution in [0.25, 0.3) is 0 Å². The van der Waals surface area contributed by atoms with Crippen LogP contribution in [0.4, 0.5) is 5.69 Å². The van der Waals surface area contributed by atoms with Crippen LogP contribution in [0.15, 0.2) is 29.2 Å². The third-order valence-electron chi connectivity index (χ3n) is 2.91. The van der Waals surface area contributed by atoms with E-state index in [-0.39, 0.29) is 4.90 Å². The van der Waals surface area contributed by atoms with E-state index in [1.54, 1.807) is 12.1 Å². The molecule has 1 aromatic carbocycles. The molecule has 0 amide bonds. The lowest BCUT2D eigenvalue weighted by atomic mass is 9.82. The number of anilines is 1. The van der Waals surface area contributed by atoms with Gasteiger partial charge in [0.25, 0.3) is 0 Å². The Bertz CT molecular complexity index is 479. The summed E-state index contributed by atoms with van der Waals surface area (Å²) in [6.45, 7) is 2.21. The molecule has 4 nitrogen and oxygen atoms in total. The molecule has 1 saturated carbocycles. The molecular formula is C11H16N2O2S. The first-order valence-electron chi connectivity index (χ1n) is 5.34. The van der Waals surface area contributed by atoms with Gasteiger partial charge in [-0.3, -0.25) is 0 Å². The van der Waals surface area contributed by atoms with Crippen molar-refractivity contribution in [1.29, 1.82) is 0 Å². The van der Waals surface area contributed by atoms with E-state index in [1.807, 2.05) is 6.07 Å². The first-order valence-corrected chi connectivity index (χ1v) is 6.89. The van der Waals surface area contributed by atoms with E-state index in [2.05, 4.69) is 12.2 Å². The van der Waals surface area contributed by atoms with Gasteiger partial charge in [-0.25, -0.2) is 13.6 Å². The molecule has 1 fully saturated rings. The minimum Gasteiger partial charge on any atom is -0.382 e. The summed E-state index contributed by atoms with van der Waals surface area (Å²) in [6.07, 6.45) is 2.28. The van der Waals surface area contributed by atoms with Crippen molar-refractivity contribution < 1.29 is 8.42 Å². The topological polar surface area (TPSA) is 72.2 Å². The van der Waals surface area contributed by atoms with Crippen LogP contribution in [0, 0.1) is 5.92 Å². The molecule has 16 heavy (non-hydrogen) atoms. The van der Waals surface area contributed by atoms with Gasteiger partial charge in [-0.2, -0.15) is 0 Å². The minimum absolute atomic E-state index is 0.157. The molecule has 0 spiro atoms. The Balaban J connectivity index is 2.11. The van der Waals surface area contributed by atoms with Gasteiger partial charge in [0, 0.05) is 11.7 Å².